The molecule has 0 aliphatic rings. The van der Waals surface area contributed by atoms with Gasteiger partial charge in [-0.3, -0.25) is 0 Å². The van der Waals surface area contributed by atoms with Gasteiger partial charge in [-0.25, -0.2) is 9.97 Å². The maximum Gasteiger partial charge on any atom is 0.240 e. The van der Waals surface area contributed by atoms with E-state index in [-0.39, 0.29) is 18.1 Å². The molecule has 4 aromatic rings. The van der Waals surface area contributed by atoms with E-state index in [1.807, 2.05) is 30.5 Å². The Kier molecular flexibility index (Phi) is 8.58. The molecule has 0 radical (unpaired) electrons. The lowest BCUT2D eigenvalue weighted by Gasteiger charge is -2.35. The Morgan fingerprint density at radius 1 is 0.944 bits per heavy atom. The van der Waals surface area contributed by atoms with E-state index in [9.17, 15) is 5.11 Å². The number of aliphatic hydroxyl groups excluding tert-OH is 1. The van der Waals surface area contributed by atoms with Crippen LogP contribution in [-0.4, -0.2) is 30.4 Å². The van der Waals surface area contributed by atoms with Crippen molar-refractivity contribution in [2.24, 2.45) is 5.41 Å². The summed E-state index contributed by atoms with van der Waals surface area (Å²) in [5.74, 6) is 0.614. The smallest absolute Gasteiger partial charge is 0.240 e. The fourth-order valence-corrected chi connectivity index (χ4v) is 7.17. The number of hydrogen-bond donors (Lipinski definition) is 2. The molecule has 0 fully saturated rings. The van der Waals surface area contributed by atoms with Gasteiger partial charge < -0.3 is 14.8 Å². The minimum Gasteiger partial charge on any atom is -0.403 e. The highest BCUT2D eigenvalue weighted by Gasteiger charge is 2.32. The van der Waals surface area contributed by atoms with E-state index in [4.69, 9.17) is 4.43 Å². The predicted molar refractivity (Wildman–Crippen MR) is 152 cm³/mol. The number of benzene rings is 3. The average Bonchev–Trinajstić information content (AvgIpc) is 2.89. The zero-order valence-corrected chi connectivity index (χ0v) is 23.2. The normalized spacial score (nSPS) is 12.5. The summed E-state index contributed by atoms with van der Waals surface area (Å²) >= 11 is 1.47. The topological polar surface area (TPSA) is 67.3 Å². The molecule has 0 spiro atoms. The van der Waals surface area contributed by atoms with Crippen LogP contribution in [0.15, 0.2) is 96.3 Å². The molecule has 4 rings (SSSR count). The van der Waals surface area contributed by atoms with Crippen LogP contribution < -0.4 is 15.7 Å². The molecule has 1 unspecified atom stereocenters. The second kappa shape index (κ2) is 11.8. The summed E-state index contributed by atoms with van der Waals surface area (Å²) in [6.45, 7) is 6.53. The SMILES string of the molecule is CSc1ncc(CO)c(Nc2cccc(C(O[SiH](c3ccccc3)c3ccccc3)C(C)(C)C)c2)n1. The highest BCUT2D eigenvalue weighted by Crippen LogP contribution is 2.38. The number of rotatable bonds is 9. The summed E-state index contributed by atoms with van der Waals surface area (Å²) in [6, 6.07) is 29.4. The van der Waals surface area contributed by atoms with Crippen molar-refractivity contribution in [2.45, 2.75) is 38.6 Å². The highest BCUT2D eigenvalue weighted by molar-refractivity contribution is 7.98. The van der Waals surface area contributed by atoms with Crippen molar-refractivity contribution in [3.05, 3.63) is 102 Å². The molecular weight excluding hydrogens is 482 g/mol. The number of hydrogen-bond acceptors (Lipinski definition) is 6. The van der Waals surface area contributed by atoms with E-state index in [2.05, 4.69) is 96.7 Å². The summed E-state index contributed by atoms with van der Waals surface area (Å²) in [5.41, 5.74) is 2.51. The first-order valence-corrected chi connectivity index (χ1v) is 14.9. The first-order valence-electron chi connectivity index (χ1n) is 12.0. The van der Waals surface area contributed by atoms with Crippen molar-refractivity contribution in [1.82, 2.24) is 9.97 Å². The Labute approximate surface area is 219 Å². The molecule has 1 heterocycles. The van der Waals surface area contributed by atoms with Gasteiger partial charge in [0.1, 0.15) is 5.82 Å². The Bertz CT molecular complexity index is 1230. The van der Waals surface area contributed by atoms with E-state index in [0.29, 0.717) is 16.5 Å². The third kappa shape index (κ3) is 6.42. The number of aliphatic hydroxyl groups is 1. The molecule has 1 aromatic heterocycles. The predicted octanol–water partition coefficient (Wildman–Crippen LogP) is 5.08. The fraction of sp³-hybridized carbons (Fsp3) is 0.241. The third-order valence-corrected chi connectivity index (χ3v) is 9.00. The Hall–Kier alpha value is -2.97. The molecule has 36 heavy (non-hydrogen) atoms. The number of anilines is 2. The highest BCUT2D eigenvalue weighted by atomic mass is 32.2. The van der Waals surface area contributed by atoms with E-state index in [1.165, 1.54) is 22.1 Å². The molecule has 0 amide bonds. The molecule has 0 aliphatic carbocycles. The lowest BCUT2D eigenvalue weighted by Crippen LogP contribution is -2.47. The molecule has 0 saturated carbocycles. The lowest BCUT2D eigenvalue weighted by atomic mass is 9.85. The largest absolute Gasteiger partial charge is 0.403 e. The molecule has 2 N–H and O–H groups in total. The quantitative estimate of drug-likeness (QED) is 0.184. The molecule has 3 aromatic carbocycles. The van der Waals surface area contributed by atoms with Crippen molar-refractivity contribution < 1.29 is 9.53 Å². The van der Waals surface area contributed by atoms with E-state index in [1.54, 1.807) is 6.20 Å². The van der Waals surface area contributed by atoms with Crippen LogP contribution in [0.3, 0.4) is 0 Å². The summed E-state index contributed by atoms with van der Waals surface area (Å²) in [6.07, 6.45) is 3.48. The monoisotopic (exact) mass is 515 g/mol. The Morgan fingerprint density at radius 3 is 2.14 bits per heavy atom. The van der Waals surface area contributed by atoms with Crippen LogP contribution in [0.4, 0.5) is 11.5 Å². The van der Waals surface area contributed by atoms with Gasteiger partial charge in [0.15, 0.2) is 5.16 Å². The second-order valence-electron chi connectivity index (χ2n) is 9.72. The standard InChI is InChI=1S/C29H33N3O2SSi/c1-29(2,3)26(34-36(24-14-7-5-8-15-24)25-16-9-6-10-17-25)21-12-11-13-23(18-21)31-27-22(20-33)19-30-28(32-27)35-4/h5-19,26,33,36H,20H2,1-4H3,(H,30,31,32). The fourth-order valence-electron chi connectivity index (χ4n) is 4.15. The Balaban J connectivity index is 1.69. The van der Waals surface area contributed by atoms with Gasteiger partial charge in [0, 0.05) is 17.4 Å². The number of nitrogens with one attached hydrogen (secondary N) is 1. The van der Waals surface area contributed by atoms with Crippen molar-refractivity contribution in [3.8, 4) is 0 Å². The Morgan fingerprint density at radius 2 is 1.58 bits per heavy atom. The zero-order valence-electron chi connectivity index (χ0n) is 21.2. The summed E-state index contributed by atoms with van der Waals surface area (Å²) in [7, 11) is -1.96. The van der Waals surface area contributed by atoms with Gasteiger partial charge >= 0.3 is 0 Å². The van der Waals surface area contributed by atoms with Crippen LogP contribution in [0.1, 0.15) is 38.0 Å². The van der Waals surface area contributed by atoms with Crippen molar-refractivity contribution in [1.29, 1.82) is 0 Å². The van der Waals surface area contributed by atoms with Gasteiger partial charge in [0.25, 0.3) is 0 Å². The van der Waals surface area contributed by atoms with Crippen molar-refractivity contribution in [3.63, 3.8) is 0 Å². The number of thioether (sulfide) groups is 1. The van der Waals surface area contributed by atoms with Crippen LogP contribution in [0.5, 0.6) is 0 Å². The molecule has 7 heteroatoms. The summed E-state index contributed by atoms with van der Waals surface area (Å²) in [4.78, 5) is 8.84. The zero-order chi connectivity index (χ0) is 25.5. The lowest BCUT2D eigenvalue weighted by molar-refractivity contribution is 0.0897. The molecular formula is C29H33N3O2SSi. The van der Waals surface area contributed by atoms with Crippen LogP contribution in [0.2, 0.25) is 0 Å². The van der Waals surface area contributed by atoms with E-state index in [0.717, 1.165) is 11.3 Å². The minimum atomic E-state index is -1.96. The van der Waals surface area contributed by atoms with Crippen molar-refractivity contribution in [2.75, 3.05) is 11.6 Å². The maximum atomic E-state index is 9.78. The number of aromatic nitrogens is 2. The average molecular weight is 516 g/mol. The first kappa shape index (κ1) is 26.1. The summed E-state index contributed by atoms with van der Waals surface area (Å²) < 4.78 is 7.10. The van der Waals surface area contributed by atoms with Gasteiger partial charge in [0.05, 0.1) is 12.7 Å². The summed E-state index contributed by atoms with van der Waals surface area (Å²) in [5, 5.41) is 16.3. The van der Waals surface area contributed by atoms with Crippen LogP contribution >= 0.6 is 11.8 Å². The van der Waals surface area contributed by atoms with Gasteiger partial charge in [-0.05, 0) is 39.7 Å². The maximum absolute atomic E-state index is 9.78. The van der Waals surface area contributed by atoms with Crippen LogP contribution in [-0.2, 0) is 11.0 Å². The molecule has 0 saturated heterocycles. The van der Waals surface area contributed by atoms with Crippen LogP contribution in [0.25, 0.3) is 0 Å². The van der Waals surface area contributed by atoms with Crippen LogP contribution in [0, 0.1) is 5.41 Å². The molecule has 0 aliphatic heterocycles. The third-order valence-electron chi connectivity index (χ3n) is 5.91. The minimum absolute atomic E-state index is 0.124. The van der Waals surface area contributed by atoms with Gasteiger partial charge in [-0.15, -0.1) is 0 Å². The van der Waals surface area contributed by atoms with Gasteiger partial charge in [0.2, 0.25) is 9.04 Å². The first-order chi connectivity index (χ1) is 17.4. The molecule has 186 valence electrons. The van der Waals surface area contributed by atoms with Gasteiger partial charge in [-0.2, -0.15) is 0 Å². The van der Waals surface area contributed by atoms with E-state index < -0.39 is 9.04 Å². The molecule has 5 nitrogen and oxygen atoms in total. The van der Waals surface area contributed by atoms with Gasteiger partial charge in [-0.1, -0.05) is 105 Å². The molecule has 0 bridgehead atoms. The molecule has 1 atom stereocenters. The van der Waals surface area contributed by atoms with E-state index >= 15 is 0 Å². The number of nitrogens with zero attached hydrogens (tertiary/aromatic N) is 2. The van der Waals surface area contributed by atoms with Crippen molar-refractivity contribution >= 4 is 42.7 Å². The second-order valence-corrected chi connectivity index (χ2v) is 12.9.